The van der Waals surface area contributed by atoms with E-state index in [0.29, 0.717) is 39.0 Å². The molecule has 2 atom stereocenters. The zero-order valence-electron chi connectivity index (χ0n) is 16.0. The number of carbonyl (C=O) groups is 2. The van der Waals surface area contributed by atoms with Gasteiger partial charge in [0.25, 0.3) is 0 Å². The van der Waals surface area contributed by atoms with Crippen LogP contribution in [0.4, 0.5) is 0 Å². The maximum absolute atomic E-state index is 12.8. The summed E-state index contributed by atoms with van der Waals surface area (Å²) in [5.74, 6) is 0.237. The van der Waals surface area contributed by atoms with Gasteiger partial charge in [0.15, 0.2) is 0 Å². The molecule has 0 bridgehead atoms. The molecule has 146 valence electrons. The minimum Gasteiger partial charge on any atom is -0.392 e. The lowest BCUT2D eigenvalue weighted by molar-refractivity contribution is -0.142. The van der Waals surface area contributed by atoms with E-state index >= 15 is 0 Å². The Labute approximate surface area is 156 Å². The molecule has 2 N–H and O–H groups in total. The summed E-state index contributed by atoms with van der Waals surface area (Å²) in [5.41, 5.74) is 0.986. The van der Waals surface area contributed by atoms with Gasteiger partial charge in [-0.1, -0.05) is 11.6 Å². The molecule has 0 aromatic rings. The van der Waals surface area contributed by atoms with Crippen molar-refractivity contribution in [2.45, 2.75) is 58.0 Å². The lowest BCUT2D eigenvalue weighted by Crippen LogP contribution is -2.60. The summed E-state index contributed by atoms with van der Waals surface area (Å²) in [5, 5.41) is 13.6. The van der Waals surface area contributed by atoms with E-state index in [1.807, 2.05) is 11.8 Å². The first-order valence-corrected chi connectivity index (χ1v) is 10.2. The first-order chi connectivity index (χ1) is 12.5. The third-order valence-corrected chi connectivity index (χ3v) is 6.18. The normalized spacial score (nSPS) is 29.7. The molecule has 26 heavy (non-hydrogen) atoms. The van der Waals surface area contributed by atoms with Gasteiger partial charge in [-0.25, -0.2) is 0 Å². The highest BCUT2D eigenvalue weighted by molar-refractivity contribution is 5.79. The molecular formula is C20H33N3O3. The first kappa shape index (κ1) is 19.4. The molecule has 0 radical (unpaired) electrons. The highest BCUT2D eigenvalue weighted by Gasteiger charge is 2.46. The fraction of sp³-hybridized carbons (Fsp3) is 0.800. The maximum atomic E-state index is 12.8. The molecule has 2 aliphatic heterocycles. The Morgan fingerprint density at radius 1 is 1.31 bits per heavy atom. The predicted molar refractivity (Wildman–Crippen MR) is 101 cm³/mol. The molecule has 0 aromatic carbocycles. The lowest BCUT2D eigenvalue weighted by Gasteiger charge is -2.51. The summed E-state index contributed by atoms with van der Waals surface area (Å²) in [6.45, 7) is 5.77. The molecule has 1 spiro atoms. The van der Waals surface area contributed by atoms with Crippen molar-refractivity contribution in [1.82, 2.24) is 15.1 Å². The van der Waals surface area contributed by atoms with Gasteiger partial charge in [0, 0.05) is 44.6 Å². The van der Waals surface area contributed by atoms with E-state index in [-0.39, 0.29) is 17.2 Å². The number of nitrogens with zero attached hydrogens (tertiary/aromatic N) is 2. The van der Waals surface area contributed by atoms with Crippen molar-refractivity contribution in [1.29, 1.82) is 0 Å². The van der Waals surface area contributed by atoms with E-state index in [1.165, 1.54) is 12.0 Å². The van der Waals surface area contributed by atoms with E-state index in [4.69, 9.17) is 0 Å². The number of aliphatic hydroxyl groups excluding tert-OH is 1. The van der Waals surface area contributed by atoms with Crippen LogP contribution in [0.25, 0.3) is 0 Å². The van der Waals surface area contributed by atoms with Crippen LogP contribution < -0.4 is 5.32 Å². The topological polar surface area (TPSA) is 72.9 Å². The molecule has 2 saturated heterocycles. The smallest absolute Gasteiger partial charge is 0.234 e. The molecule has 2 fully saturated rings. The lowest BCUT2D eigenvalue weighted by atomic mass is 9.71. The van der Waals surface area contributed by atoms with Crippen LogP contribution in [0.15, 0.2) is 11.6 Å². The Bertz CT molecular complexity index is 563. The zero-order valence-corrected chi connectivity index (χ0v) is 16.0. The monoisotopic (exact) mass is 363 g/mol. The third kappa shape index (κ3) is 4.46. The summed E-state index contributed by atoms with van der Waals surface area (Å²) in [4.78, 5) is 28.8. The second-order valence-electron chi connectivity index (χ2n) is 8.18. The maximum Gasteiger partial charge on any atom is 0.234 e. The number of piperidine rings is 2. The van der Waals surface area contributed by atoms with Crippen molar-refractivity contribution in [2.75, 3.05) is 39.3 Å². The van der Waals surface area contributed by atoms with Crippen molar-refractivity contribution in [3.63, 3.8) is 0 Å². The Kier molecular flexibility index (Phi) is 6.35. The Hall–Kier alpha value is -1.40. The van der Waals surface area contributed by atoms with Crippen LogP contribution in [0.5, 0.6) is 0 Å². The molecule has 0 saturated carbocycles. The molecule has 1 aliphatic carbocycles. The van der Waals surface area contributed by atoms with Crippen LogP contribution in [-0.2, 0) is 9.59 Å². The summed E-state index contributed by atoms with van der Waals surface area (Å²) in [7, 11) is 0. The molecule has 6 nitrogen and oxygen atoms in total. The summed E-state index contributed by atoms with van der Waals surface area (Å²) >= 11 is 0. The van der Waals surface area contributed by atoms with Gasteiger partial charge in [-0.2, -0.15) is 0 Å². The molecular weight excluding hydrogens is 330 g/mol. The summed E-state index contributed by atoms with van der Waals surface area (Å²) in [6.07, 6.45) is 8.19. The molecule has 3 aliphatic rings. The van der Waals surface area contributed by atoms with Crippen LogP contribution in [-0.4, -0.2) is 72.1 Å². The van der Waals surface area contributed by atoms with Crippen LogP contribution in [0.2, 0.25) is 0 Å². The number of nitrogens with one attached hydrogen (secondary N) is 1. The van der Waals surface area contributed by atoms with Gasteiger partial charge in [-0.3, -0.25) is 14.5 Å². The number of amides is 2. The van der Waals surface area contributed by atoms with Crippen molar-refractivity contribution in [3.8, 4) is 0 Å². The summed E-state index contributed by atoms with van der Waals surface area (Å²) < 4.78 is 0. The van der Waals surface area contributed by atoms with Crippen LogP contribution in [0.3, 0.4) is 0 Å². The molecule has 0 aromatic heterocycles. The zero-order chi connectivity index (χ0) is 18.6. The van der Waals surface area contributed by atoms with Gasteiger partial charge in [0.2, 0.25) is 11.8 Å². The van der Waals surface area contributed by atoms with E-state index in [9.17, 15) is 14.7 Å². The number of hydrogen-bond acceptors (Lipinski definition) is 4. The molecule has 3 rings (SSSR count). The fourth-order valence-electron chi connectivity index (χ4n) is 4.81. The molecule has 2 heterocycles. The number of allylic oxidation sites excluding steroid dienone is 1. The van der Waals surface area contributed by atoms with Gasteiger partial charge in [0.1, 0.15) is 0 Å². The van der Waals surface area contributed by atoms with Gasteiger partial charge in [0.05, 0.1) is 12.6 Å². The Morgan fingerprint density at radius 3 is 2.88 bits per heavy atom. The third-order valence-electron chi connectivity index (χ3n) is 6.18. The standard InChI is InChI=1S/C20H33N3O3/c1-2-21-18(25)13-22-11-8-17(24)20(14-22)9-5-10-23(15-20)19(26)12-16-6-3-4-7-16/h6,17,24H,2-5,7-15H2,1H3,(H,21,25)/t17-,20-/m1/s1. The molecule has 0 unspecified atom stereocenters. The second kappa shape index (κ2) is 8.53. The van der Waals surface area contributed by atoms with E-state index in [2.05, 4.69) is 16.3 Å². The number of aliphatic hydroxyl groups is 1. The molecule has 2 amide bonds. The van der Waals surface area contributed by atoms with E-state index < -0.39 is 6.10 Å². The number of carbonyl (C=O) groups excluding carboxylic acids is 2. The minimum atomic E-state index is -0.394. The Balaban J connectivity index is 1.62. The number of hydrogen-bond donors (Lipinski definition) is 2. The fourth-order valence-corrected chi connectivity index (χ4v) is 4.81. The highest BCUT2D eigenvalue weighted by Crippen LogP contribution is 2.39. The average Bonchev–Trinajstić information content (AvgIpc) is 3.12. The average molecular weight is 364 g/mol. The van der Waals surface area contributed by atoms with E-state index in [0.717, 1.165) is 38.8 Å². The van der Waals surface area contributed by atoms with Gasteiger partial charge < -0.3 is 15.3 Å². The SMILES string of the molecule is CCNC(=O)CN1CC[C@@H](O)[C@]2(CCCN(C(=O)CC3=CCCC3)C2)C1. The van der Waals surface area contributed by atoms with Crippen molar-refractivity contribution < 1.29 is 14.7 Å². The summed E-state index contributed by atoms with van der Waals surface area (Å²) in [6, 6.07) is 0. The van der Waals surface area contributed by atoms with Gasteiger partial charge in [-0.15, -0.1) is 0 Å². The van der Waals surface area contributed by atoms with Crippen LogP contribution in [0.1, 0.15) is 51.9 Å². The highest BCUT2D eigenvalue weighted by atomic mass is 16.3. The van der Waals surface area contributed by atoms with Gasteiger partial charge in [-0.05, 0) is 45.4 Å². The number of rotatable bonds is 5. The minimum absolute atomic E-state index is 0.0379. The molecule has 6 heteroatoms. The first-order valence-electron chi connectivity index (χ1n) is 10.2. The van der Waals surface area contributed by atoms with Crippen molar-refractivity contribution >= 4 is 11.8 Å². The van der Waals surface area contributed by atoms with Crippen LogP contribution in [0, 0.1) is 5.41 Å². The van der Waals surface area contributed by atoms with Crippen molar-refractivity contribution in [3.05, 3.63) is 11.6 Å². The quantitative estimate of drug-likeness (QED) is 0.722. The van der Waals surface area contributed by atoms with Crippen molar-refractivity contribution in [2.24, 2.45) is 5.41 Å². The van der Waals surface area contributed by atoms with Gasteiger partial charge >= 0.3 is 0 Å². The number of likely N-dealkylation sites (N-methyl/N-ethyl adjacent to an activating group) is 1. The second-order valence-corrected chi connectivity index (χ2v) is 8.18. The largest absolute Gasteiger partial charge is 0.392 e. The van der Waals surface area contributed by atoms with E-state index in [1.54, 1.807) is 0 Å². The predicted octanol–water partition coefficient (Wildman–Crippen LogP) is 1.30. The van der Waals surface area contributed by atoms with Crippen LogP contribution >= 0.6 is 0 Å². The number of likely N-dealkylation sites (tertiary alicyclic amines) is 2. The Morgan fingerprint density at radius 2 is 2.15 bits per heavy atom.